The third-order valence-electron chi connectivity index (χ3n) is 4.91. The van der Waals surface area contributed by atoms with E-state index in [0.29, 0.717) is 0 Å². The van der Waals surface area contributed by atoms with Crippen molar-refractivity contribution in [1.82, 2.24) is 4.90 Å². The zero-order valence-electron chi connectivity index (χ0n) is 14.8. The molecule has 1 atom stereocenters. The number of carbonyl (C=O) groups excluding carboxylic acids is 1. The van der Waals surface area contributed by atoms with Gasteiger partial charge in [0, 0.05) is 25.3 Å². The average molecular weight is 322 g/mol. The lowest BCUT2D eigenvalue weighted by Crippen LogP contribution is -2.55. The monoisotopic (exact) mass is 322 g/mol. The molecular formula is C21H26N2O. The lowest BCUT2D eigenvalue weighted by molar-refractivity contribution is -0.125. The lowest BCUT2D eigenvalue weighted by atomic mass is 10.1. The fourth-order valence-corrected chi connectivity index (χ4v) is 3.49. The van der Waals surface area contributed by atoms with Crippen LogP contribution in [0.25, 0.3) is 0 Å². The number of benzene rings is 2. The largest absolute Gasteiger partial charge is 0.310 e. The fourth-order valence-electron chi connectivity index (χ4n) is 3.49. The second-order valence-corrected chi connectivity index (χ2v) is 6.61. The first kappa shape index (κ1) is 16.7. The molecule has 126 valence electrons. The highest BCUT2D eigenvalue weighted by atomic mass is 16.2. The summed E-state index contributed by atoms with van der Waals surface area (Å²) < 4.78 is 0. The van der Waals surface area contributed by atoms with Gasteiger partial charge >= 0.3 is 0 Å². The molecule has 1 saturated heterocycles. The van der Waals surface area contributed by atoms with Crippen LogP contribution in [0.3, 0.4) is 0 Å². The molecule has 1 amide bonds. The predicted molar refractivity (Wildman–Crippen MR) is 99.2 cm³/mol. The Bertz CT molecular complexity index is 725. The van der Waals surface area contributed by atoms with Crippen LogP contribution in [0.4, 0.5) is 5.69 Å². The number of rotatable bonds is 4. The Balaban J connectivity index is 1.76. The Hall–Kier alpha value is -2.13. The zero-order valence-corrected chi connectivity index (χ0v) is 14.8. The van der Waals surface area contributed by atoms with Gasteiger partial charge in [-0.25, -0.2) is 0 Å². The number of anilines is 1. The summed E-state index contributed by atoms with van der Waals surface area (Å²) in [5, 5.41) is 0. The molecule has 24 heavy (non-hydrogen) atoms. The van der Waals surface area contributed by atoms with Crippen LogP contribution in [-0.4, -0.2) is 29.9 Å². The summed E-state index contributed by atoms with van der Waals surface area (Å²) in [5.41, 5.74) is 4.86. The molecule has 0 unspecified atom stereocenters. The van der Waals surface area contributed by atoms with E-state index in [-0.39, 0.29) is 11.9 Å². The summed E-state index contributed by atoms with van der Waals surface area (Å²) in [6.07, 6.45) is 0.946. The predicted octanol–water partition coefficient (Wildman–Crippen LogP) is 3.79. The second kappa shape index (κ2) is 7.18. The molecular weight excluding hydrogens is 296 g/mol. The van der Waals surface area contributed by atoms with Crippen LogP contribution in [0.15, 0.2) is 48.5 Å². The maximum atomic E-state index is 12.9. The second-order valence-electron chi connectivity index (χ2n) is 6.61. The molecule has 1 aliphatic heterocycles. The first-order chi connectivity index (χ1) is 11.6. The van der Waals surface area contributed by atoms with Crippen molar-refractivity contribution in [3.8, 4) is 0 Å². The van der Waals surface area contributed by atoms with Crippen molar-refractivity contribution in [2.24, 2.45) is 0 Å². The Morgan fingerprint density at radius 3 is 2.62 bits per heavy atom. The van der Waals surface area contributed by atoms with E-state index in [1.807, 2.05) is 24.0 Å². The van der Waals surface area contributed by atoms with E-state index >= 15 is 0 Å². The van der Waals surface area contributed by atoms with E-state index < -0.39 is 0 Å². The molecule has 2 aromatic carbocycles. The Morgan fingerprint density at radius 1 is 1.08 bits per heavy atom. The first-order valence-corrected chi connectivity index (χ1v) is 8.79. The molecule has 0 spiro atoms. The van der Waals surface area contributed by atoms with Gasteiger partial charge in [0.1, 0.15) is 0 Å². The normalized spacial score (nSPS) is 18.9. The van der Waals surface area contributed by atoms with Crippen molar-refractivity contribution in [2.45, 2.75) is 39.8 Å². The number of carbonyl (C=O) groups is 1. The minimum absolute atomic E-state index is 0.0934. The number of nitrogens with zero attached hydrogens (tertiary/aromatic N) is 2. The topological polar surface area (TPSA) is 23.6 Å². The number of piperazine rings is 1. The van der Waals surface area contributed by atoms with Gasteiger partial charge in [-0.1, -0.05) is 55.0 Å². The molecule has 1 fully saturated rings. The average Bonchev–Trinajstić information content (AvgIpc) is 2.59. The third-order valence-corrected chi connectivity index (χ3v) is 4.91. The van der Waals surface area contributed by atoms with Gasteiger partial charge in [0.15, 0.2) is 0 Å². The van der Waals surface area contributed by atoms with E-state index in [1.54, 1.807) is 0 Å². The van der Waals surface area contributed by atoms with Crippen LogP contribution in [0.1, 0.15) is 30.5 Å². The molecule has 3 nitrogen and oxygen atoms in total. The van der Waals surface area contributed by atoms with E-state index in [2.05, 4.69) is 55.1 Å². The lowest BCUT2D eigenvalue weighted by Gasteiger charge is -2.39. The van der Waals surface area contributed by atoms with Crippen molar-refractivity contribution in [1.29, 1.82) is 0 Å². The highest BCUT2D eigenvalue weighted by Crippen LogP contribution is 2.25. The van der Waals surface area contributed by atoms with Crippen LogP contribution < -0.4 is 4.90 Å². The summed E-state index contributed by atoms with van der Waals surface area (Å²) in [4.78, 5) is 17.2. The summed E-state index contributed by atoms with van der Waals surface area (Å²) >= 11 is 0. The number of aryl methyl sites for hydroxylation is 2. The molecule has 0 bridgehead atoms. The number of hydrogen-bond donors (Lipinski definition) is 0. The third kappa shape index (κ3) is 3.36. The van der Waals surface area contributed by atoms with Crippen LogP contribution in [-0.2, 0) is 17.8 Å². The molecule has 1 heterocycles. The Labute approximate surface area is 144 Å². The van der Waals surface area contributed by atoms with Gasteiger partial charge in [0.05, 0.1) is 6.04 Å². The molecule has 0 radical (unpaired) electrons. The van der Waals surface area contributed by atoms with E-state index in [0.717, 1.165) is 31.7 Å². The summed E-state index contributed by atoms with van der Waals surface area (Å²) in [6.45, 7) is 8.76. The molecule has 2 aromatic rings. The smallest absolute Gasteiger partial charge is 0.244 e. The number of para-hydroxylation sites is 1. The molecule has 0 N–H and O–H groups in total. The molecule has 0 aliphatic carbocycles. The quantitative estimate of drug-likeness (QED) is 0.855. The zero-order chi connectivity index (χ0) is 17.1. The molecule has 0 saturated carbocycles. The standard InChI is InChI=1S/C21H26N2O/c1-4-19-10-5-6-11-20(19)23-13-12-22(17(3)21(23)24)15-18-9-7-8-16(2)14-18/h5-11,14,17H,4,12-13,15H2,1-3H3/t17-/m0/s1. The Kier molecular flexibility index (Phi) is 5.00. The maximum Gasteiger partial charge on any atom is 0.244 e. The van der Waals surface area contributed by atoms with Crippen molar-refractivity contribution in [3.05, 3.63) is 65.2 Å². The van der Waals surface area contributed by atoms with Gasteiger partial charge in [0.25, 0.3) is 0 Å². The summed E-state index contributed by atoms with van der Waals surface area (Å²) in [5.74, 6) is 0.204. The van der Waals surface area contributed by atoms with E-state index in [9.17, 15) is 4.79 Å². The Morgan fingerprint density at radius 2 is 1.88 bits per heavy atom. The van der Waals surface area contributed by atoms with Crippen LogP contribution in [0, 0.1) is 6.92 Å². The van der Waals surface area contributed by atoms with Gasteiger partial charge < -0.3 is 4.90 Å². The minimum atomic E-state index is -0.0934. The first-order valence-electron chi connectivity index (χ1n) is 8.79. The van der Waals surface area contributed by atoms with Crippen molar-refractivity contribution < 1.29 is 4.79 Å². The van der Waals surface area contributed by atoms with Crippen molar-refractivity contribution >= 4 is 11.6 Å². The fraction of sp³-hybridized carbons (Fsp3) is 0.381. The van der Waals surface area contributed by atoms with Gasteiger partial charge in [-0.15, -0.1) is 0 Å². The summed E-state index contributed by atoms with van der Waals surface area (Å²) in [6, 6.07) is 16.7. The SMILES string of the molecule is CCc1ccccc1N1CCN(Cc2cccc(C)c2)[C@@H](C)C1=O. The van der Waals surface area contributed by atoms with E-state index in [1.165, 1.54) is 16.7 Å². The highest BCUT2D eigenvalue weighted by molar-refractivity contribution is 5.98. The molecule has 3 heteroatoms. The summed E-state index contributed by atoms with van der Waals surface area (Å²) in [7, 11) is 0. The van der Waals surface area contributed by atoms with Crippen molar-refractivity contribution in [2.75, 3.05) is 18.0 Å². The number of hydrogen-bond acceptors (Lipinski definition) is 2. The van der Waals surface area contributed by atoms with Gasteiger partial charge in [-0.3, -0.25) is 9.69 Å². The molecule has 1 aliphatic rings. The van der Waals surface area contributed by atoms with Crippen LogP contribution in [0.5, 0.6) is 0 Å². The molecule has 3 rings (SSSR count). The van der Waals surface area contributed by atoms with Crippen molar-refractivity contribution in [3.63, 3.8) is 0 Å². The number of amides is 1. The van der Waals surface area contributed by atoms with Crippen LogP contribution >= 0.6 is 0 Å². The maximum absolute atomic E-state index is 12.9. The van der Waals surface area contributed by atoms with E-state index in [4.69, 9.17) is 0 Å². The van der Waals surface area contributed by atoms with Crippen LogP contribution in [0.2, 0.25) is 0 Å². The van der Waals surface area contributed by atoms with Gasteiger partial charge in [-0.2, -0.15) is 0 Å². The highest BCUT2D eigenvalue weighted by Gasteiger charge is 2.32. The van der Waals surface area contributed by atoms with Gasteiger partial charge in [-0.05, 0) is 37.5 Å². The minimum Gasteiger partial charge on any atom is -0.310 e. The molecule has 0 aromatic heterocycles. The van der Waals surface area contributed by atoms with Gasteiger partial charge in [0.2, 0.25) is 5.91 Å².